The van der Waals surface area contributed by atoms with E-state index in [1.54, 1.807) is 0 Å². The molecule has 18 heavy (non-hydrogen) atoms. The number of rotatable bonds is 1. The Labute approximate surface area is 113 Å². The highest BCUT2D eigenvalue weighted by Gasteiger charge is 2.70. The summed E-state index contributed by atoms with van der Waals surface area (Å²) in [6, 6.07) is -1.63. The zero-order valence-corrected chi connectivity index (χ0v) is 11.2. The molecule has 0 aromatic heterocycles. The van der Waals surface area contributed by atoms with Crippen molar-refractivity contribution in [3.63, 3.8) is 0 Å². The van der Waals surface area contributed by atoms with Crippen molar-refractivity contribution >= 4 is 41.0 Å². The van der Waals surface area contributed by atoms with Gasteiger partial charge in [-0.05, 0) is 6.42 Å². The summed E-state index contributed by atoms with van der Waals surface area (Å²) < 4.78 is 7.51. The summed E-state index contributed by atoms with van der Waals surface area (Å²) in [6.45, 7) is 0. The fraction of sp³-hybridized carbons (Fsp3) is 0.700. The molecule has 100 valence electrons. The molecule has 0 radical (unpaired) electrons. The SMILES string of the molecule is COC(=O)[C@@H]1C[C@H]2C(=O)C(Cl)(Cl)[C@H]2N1C(=O)OC. The predicted octanol–water partition coefficient (Wildman–Crippen LogP) is 0.741. The molecule has 1 amide bonds. The van der Waals surface area contributed by atoms with Gasteiger partial charge in [-0.3, -0.25) is 9.69 Å². The molecule has 6 nitrogen and oxygen atoms in total. The molecular formula is C10H11Cl2NO5. The summed E-state index contributed by atoms with van der Waals surface area (Å²) >= 11 is 11.8. The first-order chi connectivity index (χ1) is 8.36. The minimum atomic E-state index is -1.68. The lowest BCUT2D eigenvalue weighted by Gasteiger charge is -2.44. The molecule has 0 spiro atoms. The molecular weight excluding hydrogens is 285 g/mol. The van der Waals surface area contributed by atoms with Crippen LogP contribution in [0.1, 0.15) is 6.42 Å². The summed E-state index contributed by atoms with van der Waals surface area (Å²) in [5, 5.41) is 0. The Bertz CT molecular complexity index is 424. The van der Waals surface area contributed by atoms with Crippen molar-refractivity contribution in [2.75, 3.05) is 14.2 Å². The van der Waals surface area contributed by atoms with Crippen LogP contribution < -0.4 is 0 Å². The minimum absolute atomic E-state index is 0.159. The van der Waals surface area contributed by atoms with E-state index >= 15 is 0 Å². The highest BCUT2D eigenvalue weighted by atomic mass is 35.5. The number of ketones is 1. The Hall–Kier alpha value is -1.01. The van der Waals surface area contributed by atoms with E-state index in [0.717, 1.165) is 4.90 Å². The van der Waals surface area contributed by atoms with Gasteiger partial charge in [0.2, 0.25) is 0 Å². The number of hydrogen-bond acceptors (Lipinski definition) is 5. The molecule has 2 rings (SSSR count). The van der Waals surface area contributed by atoms with E-state index in [-0.39, 0.29) is 12.2 Å². The highest BCUT2D eigenvalue weighted by molar-refractivity contribution is 6.61. The van der Waals surface area contributed by atoms with E-state index in [1.807, 2.05) is 0 Å². The fourth-order valence-corrected chi connectivity index (χ4v) is 3.33. The van der Waals surface area contributed by atoms with Gasteiger partial charge in [-0.1, -0.05) is 23.2 Å². The molecule has 0 aromatic rings. The number of nitrogens with zero attached hydrogens (tertiary/aromatic N) is 1. The molecule has 1 aliphatic carbocycles. The van der Waals surface area contributed by atoms with Crippen molar-refractivity contribution in [1.82, 2.24) is 4.90 Å². The minimum Gasteiger partial charge on any atom is -0.467 e. The van der Waals surface area contributed by atoms with Crippen LogP contribution in [0.3, 0.4) is 0 Å². The molecule has 0 bridgehead atoms. The van der Waals surface area contributed by atoms with Crippen LogP contribution in [0, 0.1) is 5.92 Å². The first-order valence-corrected chi connectivity index (χ1v) is 5.98. The second-order valence-corrected chi connectivity index (χ2v) is 5.58. The first-order valence-electron chi connectivity index (χ1n) is 5.22. The standard InChI is InChI=1S/C10H11Cl2NO5/c1-17-8(15)5-3-4-6(10(11,12)7(4)14)13(5)9(16)18-2/h4-6H,3H2,1-2H3/t4-,5+,6+/m1/s1. The number of Topliss-reactive ketones (excluding diaryl/α,β-unsaturated/α-hetero) is 1. The number of hydrogen-bond donors (Lipinski definition) is 0. The van der Waals surface area contributed by atoms with Gasteiger partial charge in [0, 0.05) is 5.92 Å². The molecule has 1 aliphatic heterocycles. The number of ether oxygens (including phenoxy) is 2. The topological polar surface area (TPSA) is 72.9 Å². The molecule has 1 saturated heterocycles. The predicted molar refractivity (Wildman–Crippen MR) is 61.4 cm³/mol. The second-order valence-electron chi connectivity index (χ2n) is 4.19. The number of amides is 1. The number of carbonyl (C=O) groups excluding carboxylic acids is 3. The van der Waals surface area contributed by atoms with Gasteiger partial charge >= 0.3 is 12.1 Å². The van der Waals surface area contributed by atoms with Crippen molar-refractivity contribution in [2.45, 2.75) is 22.8 Å². The van der Waals surface area contributed by atoms with Crippen molar-refractivity contribution in [2.24, 2.45) is 5.92 Å². The zero-order valence-electron chi connectivity index (χ0n) is 9.68. The van der Waals surface area contributed by atoms with Crippen molar-refractivity contribution in [3.05, 3.63) is 0 Å². The van der Waals surface area contributed by atoms with Gasteiger partial charge in [-0.25, -0.2) is 9.59 Å². The normalized spacial score (nSPS) is 32.6. The summed E-state index contributed by atoms with van der Waals surface area (Å²) in [5.41, 5.74) is 0. The number of methoxy groups -OCH3 is 2. The number of fused-ring (bicyclic) bond motifs is 1. The quantitative estimate of drug-likeness (QED) is 0.527. The maximum atomic E-state index is 11.7. The van der Waals surface area contributed by atoms with E-state index in [1.165, 1.54) is 14.2 Å². The lowest BCUT2D eigenvalue weighted by Crippen LogP contribution is -2.65. The first kappa shape index (κ1) is 13.4. The van der Waals surface area contributed by atoms with Gasteiger partial charge in [-0.15, -0.1) is 0 Å². The number of carbonyl (C=O) groups is 3. The number of esters is 1. The second kappa shape index (κ2) is 4.28. The molecule has 8 heteroatoms. The van der Waals surface area contributed by atoms with E-state index in [2.05, 4.69) is 9.47 Å². The average Bonchev–Trinajstić information content (AvgIpc) is 2.74. The van der Waals surface area contributed by atoms with Crippen LogP contribution in [0.25, 0.3) is 0 Å². The monoisotopic (exact) mass is 295 g/mol. The number of likely N-dealkylation sites (tertiary alicyclic amines) is 1. The molecule has 1 saturated carbocycles. The van der Waals surface area contributed by atoms with E-state index in [9.17, 15) is 14.4 Å². The van der Waals surface area contributed by atoms with Crippen molar-refractivity contribution < 1.29 is 23.9 Å². The van der Waals surface area contributed by atoms with Gasteiger partial charge in [-0.2, -0.15) is 0 Å². The maximum absolute atomic E-state index is 11.7. The average molecular weight is 296 g/mol. The van der Waals surface area contributed by atoms with Gasteiger partial charge in [0.1, 0.15) is 6.04 Å². The van der Waals surface area contributed by atoms with Crippen LogP contribution in [0.4, 0.5) is 4.79 Å². The van der Waals surface area contributed by atoms with Crippen LogP contribution in [-0.2, 0) is 19.1 Å². The van der Waals surface area contributed by atoms with Gasteiger partial charge < -0.3 is 9.47 Å². The van der Waals surface area contributed by atoms with Gasteiger partial charge in [0.05, 0.1) is 20.3 Å². The molecule has 2 fully saturated rings. The Balaban J connectivity index is 2.33. The summed E-state index contributed by atoms with van der Waals surface area (Å²) in [7, 11) is 2.38. The maximum Gasteiger partial charge on any atom is 0.410 e. The third-order valence-corrected chi connectivity index (χ3v) is 4.21. The Morgan fingerprint density at radius 3 is 2.44 bits per heavy atom. The zero-order chi connectivity index (χ0) is 13.7. The van der Waals surface area contributed by atoms with Gasteiger partial charge in [0.25, 0.3) is 0 Å². The largest absolute Gasteiger partial charge is 0.467 e. The van der Waals surface area contributed by atoms with Gasteiger partial charge in [0.15, 0.2) is 10.1 Å². The van der Waals surface area contributed by atoms with Crippen molar-refractivity contribution in [3.8, 4) is 0 Å². The van der Waals surface area contributed by atoms with Crippen LogP contribution in [0.15, 0.2) is 0 Å². The lowest BCUT2D eigenvalue weighted by atomic mass is 9.77. The number of halogens is 2. The Morgan fingerprint density at radius 2 is 1.94 bits per heavy atom. The smallest absolute Gasteiger partial charge is 0.410 e. The fourth-order valence-electron chi connectivity index (χ4n) is 2.54. The van der Waals surface area contributed by atoms with Crippen LogP contribution in [0.2, 0.25) is 0 Å². The van der Waals surface area contributed by atoms with Crippen LogP contribution >= 0.6 is 23.2 Å². The molecule has 0 unspecified atom stereocenters. The summed E-state index contributed by atoms with van der Waals surface area (Å²) in [5.74, 6) is -1.54. The summed E-state index contributed by atoms with van der Waals surface area (Å²) in [6.07, 6.45) is -0.594. The molecule has 3 atom stereocenters. The summed E-state index contributed by atoms with van der Waals surface area (Å²) in [4.78, 5) is 36.1. The van der Waals surface area contributed by atoms with Crippen LogP contribution in [0.5, 0.6) is 0 Å². The third kappa shape index (κ3) is 1.59. The van der Waals surface area contributed by atoms with E-state index in [0.29, 0.717) is 0 Å². The number of alkyl halides is 2. The van der Waals surface area contributed by atoms with Crippen molar-refractivity contribution in [1.29, 1.82) is 0 Å². The third-order valence-electron chi connectivity index (χ3n) is 3.39. The Morgan fingerprint density at radius 1 is 1.33 bits per heavy atom. The Kier molecular flexibility index (Phi) is 3.19. The molecule has 1 heterocycles. The lowest BCUT2D eigenvalue weighted by molar-refractivity contribution is -0.146. The molecule has 0 aromatic carbocycles. The molecule has 0 N–H and O–H groups in total. The molecule has 2 aliphatic rings. The van der Waals surface area contributed by atoms with E-state index < -0.39 is 34.4 Å². The van der Waals surface area contributed by atoms with E-state index in [4.69, 9.17) is 23.2 Å². The van der Waals surface area contributed by atoms with Crippen LogP contribution in [-0.4, -0.2) is 53.4 Å². The highest BCUT2D eigenvalue weighted by Crippen LogP contribution is 2.53.